The molecule has 1 aliphatic rings. The van der Waals surface area contributed by atoms with E-state index in [2.05, 4.69) is 10.3 Å². The summed E-state index contributed by atoms with van der Waals surface area (Å²) in [6, 6.07) is 1.16. The van der Waals surface area contributed by atoms with E-state index in [1.165, 1.54) is 18.3 Å². The summed E-state index contributed by atoms with van der Waals surface area (Å²) in [5, 5.41) is 10.7. The maximum Gasteiger partial charge on any atom is 0.328 e. The fraction of sp³-hybridized carbons (Fsp3) is 0.273. The number of amides is 2. The van der Waals surface area contributed by atoms with E-state index in [1.807, 2.05) is 0 Å². The molecule has 2 N–H and O–H groups in total. The predicted octanol–water partition coefficient (Wildman–Crippen LogP) is -1.18. The summed E-state index contributed by atoms with van der Waals surface area (Å²) in [6.45, 7) is 0.388. The van der Waals surface area contributed by atoms with Crippen LogP contribution >= 0.6 is 0 Å². The average molecular weight is 313 g/mol. The molecule has 0 bridgehead atoms. The smallest absolute Gasteiger partial charge is 0.328 e. The number of sulfonamides is 1. The Morgan fingerprint density at radius 2 is 2.14 bits per heavy atom. The molecule has 0 fully saturated rings. The molecular weight excluding hydrogens is 302 g/mol. The van der Waals surface area contributed by atoms with Crippen LogP contribution < -0.4 is 5.32 Å². The van der Waals surface area contributed by atoms with E-state index < -0.39 is 45.4 Å². The maximum absolute atomic E-state index is 12.2. The molecule has 0 radical (unpaired) electrons. The van der Waals surface area contributed by atoms with E-state index in [0.29, 0.717) is 4.31 Å². The minimum Gasteiger partial charge on any atom is -0.480 e. The topological polar surface area (TPSA) is 134 Å². The molecule has 2 rings (SSSR count). The first kappa shape index (κ1) is 14.9. The Labute approximate surface area is 119 Å². The van der Waals surface area contributed by atoms with E-state index in [9.17, 15) is 22.8 Å². The Bertz CT molecular complexity index is 729. The molecule has 21 heavy (non-hydrogen) atoms. The van der Waals surface area contributed by atoms with Crippen LogP contribution in [0.15, 0.2) is 23.4 Å². The highest BCUT2D eigenvalue weighted by Gasteiger charge is 2.44. The lowest BCUT2D eigenvalue weighted by atomic mass is 10.2. The number of carbonyl (C=O) groups excluding carboxylic acids is 2. The lowest BCUT2D eigenvalue weighted by Crippen LogP contribution is -2.49. The van der Waals surface area contributed by atoms with Crippen molar-refractivity contribution in [1.82, 2.24) is 14.6 Å². The molecule has 1 aromatic heterocycles. The van der Waals surface area contributed by atoms with Crippen LogP contribution in [0.25, 0.3) is 0 Å². The number of hydrogen-bond donors (Lipinski definition) is 2. The monoisotopic (exact) mass is 313 g/mol. The number of carboxylic acids is 1. The van der Waals surface area contributed by atoms with Gasteiger partial charge in [0.15, 0.2) is 5.03 Å². The van der Waals surface area contributed by atoms with Crippen LogP contribution in [0.4, 0.5) is 0 Å². The van der Waals surface area contributed by atoms with Crippen molar-refractivity contribution in [2.45, 2.75) is 18.0 Å². The van der Waals surface area contributed by atoms with Gasteiger partial charge in [-0.2, -0.15) is 8.42 Å². The van der Waals surface area contributed by atoms with Crippen LogP contribution in [0.1, 0.15) is 17.3 Å². The van der Waals surface area contributed by atoms with Crippen molar-refractivity contribution in [3.8, 4) is 0 Å². The van der Waals surface area contributed by atoms with Crippen molar-refractivity contribution in [3.63, 3.8) is 0 Å². The largest absolute Gasteiger partial charge is 0.480 e. The molecule has 0 saturated heterocycles. The standard InChI is InChI=1S/C11H11N3O6S/c1-6(15)13-8(11(17)18)5-14-10(16)7-3-2-4-12-9(7)21(14,19)20/h2-4,8H,5H2,1H3,(H,13,15)(H,17,18). The average Bonchev–Trinajstić information content (AvgIpc) is 2.59. The van der Waals surface area contributed by atoms with E-state index in [4.69, 9.17) is 5.11 Å². The number of fused-ring (bicyclic) bond motifs is 1. The third-order valence-electron chi connectivity index (χ3n) is 2.79. The Balaban J connectivity index is 2.36. The van der Waals surface area contributed by atoms with Gasteiger partial charge < -0.3 is 10.4 Å². The van der Waals surface area contributed by atoms with Gasteiger partial charge >= 0.3 is 5.97 Å². The fourth-order valence-corrected chi connectivity index (χ4v) is 3.38. The Kier molecular flexibility index (Phi) is 3.64. The highest BCUT2D eigenvalue weighted by atomic mass is 32.2. The van der Waals surface area contributed by atoms with Crippen molar-refractivity contribution in [3.05, 3.63) is 23.9 Å². The molecule has 0 spiro atoms. The summed E-state index contributed by atoms with van der Waals surface area (Å²) in [6.07, 6.45) is 1.22. The molecule has 10 heteroatoms. The minimum atomic E-state index is -4.20. The van der Waals surface area contributed by atoms with Gasteiger partial charge in [-0.3, -0.25) is 9.59 Å². The van der Waals surface area contributed by atoms with Crippen molar-refractivity contribution in [2.75, 3.05) is 6.54 Å². The zero-order valence-electron chi connectivity index (χ0n) is 10.8. The highest BCUT2D eigenvalue weighted by Crippen LogP contribution is 2.27. The number of nitrogens with one attached hydrogen (secondary N) is 1. The third kappa shape index (κ3) is 2.57. The summed E-state index contributed by atoms with van der Waals surface area (Å²) in [5.74, 6) is -2.96. The Hall–Kier alpha value is -2.49. The van der Waals surface area contributed by atoms with Gasteiger partial charge in [-0.15, -0.1) is 0 Å². The predicted molar refractivity (Wildman–Crippen MR) is 67.7 cm³/mol. The summed E-state index contributed by atoms with van der Waals surface area (Å²) in [4.78, 5) is 37.7. The third-order valence-corrected chi connectivity index (χ3v) is 4.50. The first-order valence-corrected chi connectivity index (χ1v) is 7.21. The van der Waals surface area contributed by atoms with Gasteiger partial charge in [-0.25, -0.2) is 14.1 Å². The second kappa shape index (κ2) is 5.13. The van der Waals surface area contributed by atoms with Gasteiger partial charge in [0.2, 0.25) is 5.91 Å². The molecule has 2 heterocycles. The minimum absolute atomic E-state index is 0.121. The quantitative estimate of drug-likeness (QED) is 0.714. The highest BCUT2D eigenvalue weighted by molar-refractivity contribution is 7.90. The van der Waals surface area contributed by atoms with Crippen molar-refractivity contribution < 1.29 is 27.9 Å². The molecular formula is C11H11N3O6S. The number of aromatic nitrogens is 1. The van der Waals surface area contributed by atoms with Gasteiger partial charge in [-0.1, -0.05) is 0 Å². The molecule has 1 aromatic rings. The van der Waals surface area contributed by atoms with Gasteiger partial charge in [0.25, 0.3) is 15.9 Å². The van der Waals surface area contributed by atoms with Gasteiger partial charge in [-0.05, 0) is 12.1 Å². The molecule has 0 saturated carbocycles. The number of rotatable bonds is 4. The van der Waals surface area contributed by atoms with Crippen molar-refractivity contribution in [2.24, 2.45) is 0 Å². The Morgan fingerprint density at radius 1 is 1.48 bits per heavy atom. The zero-order chi connectivity index (χ0) is 15.8. The first-order valence-electron chi connectivity index (χ1n) is 5.77. The number of nitrogens with zero attached hydrogens (tertiary/aromatic N) is 2. The summed E-state index contributed by atoms with van der Waals surface area (Å²) in [7, 11) is -4.20. The normalized spacial score (nSPS) is 17.2. The van der Waals surface area contributed by atoms with Gasteiger partial charge in [0.1, 0.15) is 6.04 Å². The second-order valence-corrected chi connectivity index (χ2v) is 6.07. The van der Waals surface area contributed by atoms with Crippen LogP contribution in [-0.4, -0.2) is 53.2 Å². The van der Waals surface area contributed by atoms with Crippen molar-refractivity contribution >= 4 is 27.8 Å². The van der Waals surface area contributed by atoms with Crippen LogP contribution in [0.3, 0.4) is 0 Å². The van der Waals surface area contributed by atoms with Crippen LogP contribution in [0, 0.1) is 0 Å². The molecule has 1 aliphatic heterocycles. The lowest BCUT2D eigenvalue weighted by molar-refractivity contribution is -0.141. The van der Waals surface area contributed by atoms with E-state index in [-0.39, 0.29) is 5.56 Å². The fourth-order valence-electron chi connectivity index (χ4n) is 1.88. The molecule has 0 aliphatic carbocycles. The van der Waals surface area contributed by atoms with Crippen molar-refractivity contribution in [1.29, 1.82) is 0 Å². The van der Waals surface area contributed by atoms with Gasteiger partial charge in [0.05, 0.1) is 12.1 Å². The second-order valence-electron chi connectivity index (χ2n) is 4.29. The summed E-state index contributed by atoms with van der Waals surface area (Å²) in [5.41, 5.74) is -0.121. The molecule has 0 aromatic carbocycles. The maximum atomic E-state index is 12.2. The summed E-state index contributed by atoms with van der Waals surface area (Å²) >= 11 is 0. The molecule has 112 valence electrons. The number of hydrogen-bond acceptors (Lipinski definition) is 6. The molecule has 9 nitrogen and oxygen atoms in total. The number of carboxylic acid groups (broad SMARTS) is 1. The number of pyridine rings is 1. The number of carbonyl (C=O) groups is 3. The molecule has 2 amide bonds. The van der Waals surface area contributed by atoms with Gasteiger partial charge in [0, 0.05) is 13.1 Å². The van der Waals surface area contributed by atoms with Crippen LogP contribution in [0.5, 0.6) is 0 Å². The first-order chi connectivity index (χ1) is 9.75. The van der Waals surface area contributed by atoms with E-state index >= 15 is 0 Å². The Morgan fingerprint density at radius 3 is 2.67 bits per heavy atom. The molecule has 1 unspecified atom stereocenters. The SMILES string of the molecule is CC(=O)NC(CN1C(=O)c2cccnc2S1(=O)=O)C(=O)O. The zero-order valence-corrected chi connectivity index (χ0v) is 11.6. The van der Waals surface area contributed by atoms with Crippen LogP contribution in [-0.2, 0) is 19.6 Å². The van der Waals surface area contributed by atoms with Crippen LogP contribution in [0.2, 0.25) is 0 Å². The lowest BCUT2D eigenvalue weighted by Gasteiger charge is -2.20. The molecule has 1 atom stereocenters. The summed E-state index contributed by atoms with van der Waals surface area (Å²) < 4.78 is 24.8. The number of aliphatic carboxylic acids is 1. The van der Waals surface area contributed by atoms with E-state index in [0.717, 1.165) is 6.92 Å². The van der Waals surface area contributed by atoms with E-state index in [1.54, 1.807) is 0 Å².